The topological polar surface area (TPSA) is 48.9 Å². The monoisotopic (exact) mass is 218 g/mol. The summed E-state index contributed by atoms with van der Waals surface area (Å²) in [6.07, 6.45) is 3.07. The molecule has 1 atom stereocenters. The van der Waals surface area contributed by atoms with Crippen molar-refractivity contribution in [1.82, 2.24) is 10.2 Å². The Morgan fingerprint density at radius 2 is 2.55 bits per heavy atom. The number of nitrogens with zero attached hydrogens (tertiary/aromatic N) is 1. The Morgan fingerprint density at radius 1 is 1.82 bits per heavy atom. The van der Waals surface area contributed by atoms with E-state index in [2.05, 4.69) is 26.1 Å². The Balaban J connectivity index is 2.44. The van der Waals surface area contributed by atoms with Crippen molar-refractivity contribution < 1.29 is 5.11 Å². The number of hydrogen-bond acceptors (Lipinski definition) is 2. The Morgan fingerprint density at radius 3 is 3.00 bits per heavy atom. The fourth-order valence-electron chi connectivity index (χ4n) is 0.827. The summed E-state index contributed by atoms with van der Waals surface area (Å²) in [6.45, 7) is 1.78. The third-order valence-corrected chi connectivity index (χ3v) is 2.16. The van der Waals surface area contributed by atoms with E-state index in [1.807, 2.05) is 0 Å². The molecular formula is C7H11BrN2O. The number of aliphatic hydroxyl groups is 1. The van der Waals surface area contributed by atoms with Crippen LogP contribution in [0.3, 0.4) is 0 Å². The molecule has 0 bridgehead atoms. The van der Waals surface area contributed by atoms with Crippen molar-refractivity contribution >= 4 is 15.9 Å². The first kappa shape index (κ1) is 8.74. The van der Waals surface area contributed by atoms with Crippen molar-refractivity contribution in [1.29, 1.82) is 0 Å². The van der Waals surface area contributed by atoms with E-state index in [-0.39, 0.29) is 6.10 Å². The number of halogens is 1. The maximum absolute atomic E-state index is 8.99. The van der Waals surface area contributed by atoms with Gasteiger partial charge in [0.05, 0.1) is 16.8 Å². The molecule has 2 N–H and O–H groups in total. The molecule has 62 valence electrons. The molecule has 0 unspecified atom stereocenters. The summed E-state index contributed by atoms with van der Waals surface area (Å²) in [5.41, 5.74) is 1.05. The predicted octanol–water partition coefficient (Wildman–Crippen LogP) is 1.49. The van der Waals surface area contributed by atoms with E-state index in [9.17, 15) is 0 Å². The van der Waals surface area contributed by atoms with Gasteiger partial charge in [0.1, 0.15) is 0 Å². The molecule has 0 fully saturated rings. The molecule has 0 aliphatic carbocycles. The Kier molecular flexibility index (Phi) is 3.08. The van der Waals surface area contributed by atoms with E-state index in [0.29, 0.717) is 0 Å². The molecule has 1 aromatic rings. The average Bonchev–Trinajstić information content (AvgIpc) is 2.31. The maximum Gasteiger partial charge on any atom is 0.0632 e. The van der Waals surface area contributed by atoms with E-state index in [0.717, 1.165) is 23.0 Å². The number of aliphatic hydroxyl groups excluding tert-OH is 1. The minimum atomic E-state index is -0.245. The zero-order chi connectivity index (χ0) is 8.27. The van der Waals surface area contributed by atoms with Gasteiger partial charge in [0, 0.05) is 5.69 Å². The fourth-order valence-corrected chi connectivity index (χ4v) is 1.22. The maximum atomic E-state index is 8.99. The van der Waals surface area contributed by atoms with Crippen LogP contribution in [-0.4, -0.2) is 21.4 Å². The smallest absolute Gasteiger partial charge is 0.0632 e. The van der Waals surface area contributed by atoms with Crippen LogP contribution < -0.4 is 0 Å². The fraction of sp³-hybridized carbons (Fsp3) is 0.571. The number of nitrogens with one attached hydrogen (secondary N) is 1. The van der Waals surface area contributed by atoms with Crippen LogP contribution >= 0.6 is 15.9 Å². The summed E-state index contributed by atoms with van der Waals surface area (Å²) >= 11 is 3.34. The molecular weight excluding hydrogens is 208 g/mol. The van der Waals surface area contributed by atoms with Crippen molar-refractivity contribution in [3.8, 4) is 0 Å². The van der Waals surface area contributed by atoms with Gasteiger partial charge < -0.3 is 5.11 Å². The summed E-state index contributed by atoms with van der Waals surface area (Å²) in [7, 11) is 0. The first-order valence-electron chi connectivity index (χ1n) is 3.56. The molecule has 1 heterocycles. The molecule has 0 radical (unpaired) electrons. The Labute approximate surface area is 74.0 Å². The lowest BCUT2D eigenvalue weighted by molar-refractivity contribution is 0.184. The van der Waals surface area contributed by atoms with Crippen LogP contribution in [0, 0.1) is 0 Å². The summed E-state index contributed by atoms with van der Waals surface area (Å²) in [5, 5.41) is 15.7. The second kappa shape index (κ2) is 3.88. The van der Waals surface area contributed by atoms with Crippen LogP contribution in [-0.2, 0) is 6.42 Å². The molecule has 0 aliphatic rings. The van der Waals surface area contributed by atoms with Gasteiger partial charge in [0.2, 0.25) is 0 Å². The second-order valence-electron chi connectivity index (χ2n) is 2.58. The lowest BCUT2D eigenvalue weighted by atomic mass is 10.2. The van der Waals surface area contributed by atoms with Crippen molar-refractivity contribution in [2.24, 2.45) is 0 Å². The summed E-state index contributed by atoms with van der Waals surface area (Å²) in [5.74, 6) is 0. The van der Waals surface area contributed by atoms with E-state index >= 15 is 0 Å². The van der Waals surface area contributed by atoms with Gasteiger partial charge in [-0.25, -0.2) is 0 Å². The highest BCUT2D eigenvalue weighted by molar-refractivity contribution is 9.10. The van der Waals surface area contributed by atoms with Crippen LogP contribution in [0.15, 0.2) is 10.7 Å². The van der Waals surface area contributed by atoms with Gasteiger partial charge in [-0.05, 0) is 35.7 Å². The SMILES string of the molecule is C[C@H](O)CCc1[nH]ncc1Br. The average molecular weight is 219 g/mol. The van der Waals surface area contributed by atoms with Gasteiger partial charge in [0.25, 0.3) is 0 Å². The van der Waals surface area contributed by atoms with Gasteiger partial charge in [0.15, 0.2) is 0 Å². The quantitative estimate of drug-likeness (QED) is 0.808. The van der Waals surface area contributed by atoms with E-state index in [1.165, 1.54) is 0 Å². The third kappa shape index (κ3) is 2.63. The number of aromatic nitrogens is 2. The Hall–Kier alpha value is -0.350. The van der Waals surface area contributed by atoms with E-state index in [1.54, 1.807) is 13.1 Å². The summed E-state index contributed by atoms with van der Waals surface area (Å²) in [6, 6.07) is 0. The molecule has 0 saturated carbocycles. The lowest BCUT2D eigenvalue weighted by Gasteiger charge is -2.01. The minimum absolute atomic E-state index is 0.245. The van der Waals surface area contributed by atoms with Gasteiger partial charge in [-0.2, -0.15) is 5.10 Å². The molecule has 1 aromatic heterocycles. The molecule has 11 heavy (non-hydrogen) atoms. The van der Waals surface area contributed by atoms with Crippen LogP contribution in [0.25, 0.3) is 0 Å². The van der Waals surface area contributed by atoms with Crippen LogP contribution in [0.5, 0.6) is 0 Å². The first-order valence-corrected chi connectivity index (χ1v) is 4.35. The van der Waals surface area contributed by atoms with Gasteiger partial charge in [-0.1, -0.05) is 0 Å². The lowest BCUT2D eigenvalue weighted by Crippen LogP contribution is -2.01. The molecule has 0 aliphatic heterocycles. The molecule has 1 rings (SSSR count). The minimum Gasteiger partial charge on any atom is -0.393 e. The van der Waals surface area contributed by atoms with E-state index < -0.39 is 0 Å². The molecule has 0 saturated heterocycles. The molecule has 0 spiro atoms. The van der Waals surface area contributed by atoms with Crippen molar-refractivity contribution in [2.75, 3.05) is 0 Å². The number of aromatic amines is 1. The molecule has 3 nitrogen and oxygen atoms in total. The molecule has 4 heteroatoms. The van der Waals surface area contributed by atoms with E-state index in [4.69, 9.17) is 5.11 Å². The normalized spacial score (nSPS) is 13.4. The zero-order valence-corrected chi connectivity index (χ0v) is 7.93. The Bertz CT molecular complexity index is 222. The molecule has 0 amide bonds. The largest absolute Gasteiger partial charge is 0.393 e. The highest BCUT2D eigenvalue weighted by Gasteiger charge is 2.02. The molecule has 0 aromatic carbocycles. The number of aryl methyl sites for hydroxylation is 1. The summed E-state index contributed by atoms with van der Waals surface area (Å²) < 4.78 is 0.984. The highest BCUT2D eigenvalue weighted by atomic mass is 79.9. The second-order valence-corrected chi connectivity index (χ2v) is 3.44. The van der Waals surface area contributed by atoms with Crippen LogP contribution in [0.4, 0.5) is 0 Å². The first-order chi connectivity index (χ1) is 5.20. The number of rotatable bonds is 3. The zero-order valence-electron chi connectivity index (χ0n) is 6.34. The van der Waals surface area contributed by atoms with Crippen molar-refractivity contribution in [3.63, 3.8) is 0 Å². The van der Waals surface area contributed by atoms with Gasteiger partial charge in [-0.3, -0.25) is 5.10 Å². The van der Waals surface area contributed by atoms with Gasteiger partial charge >= 0.3 is 0 Å². The highest BCUT2D eigenvalue weighted by Crippen LogP contribution is 2.14. The van der Waals surface area contributed by atoms with Crippen LogP contribution in [0.1, 0.15) is 19.0 Å². The van der Waals surface area contributed by atoms with Crippen molar-refractivity contribution in [2.45, 2.75) is 25.9 Å². The third-order valence-electron chi connectivity index (χ3n) is 1.48. The van der Waals surface area contributed by atoms with Crippen LogP contribution in [0.2, 0.25) is 0 Å². The standard InChI is InChI=1S/C7H11BrN2O/c1-5(11)2-3-7-6(8)4-9-10-7/h4-5,11H,2-3H2,1H3,(H,9,10)/t5-/m0/s1. The predicted molar refractivity (Wildman–Crippen MR) is 46.3 cm³/mol. The number of hydrogen-bond donors (Lipinski definition) is 2. The number of H-pyrrole nitrogens is 1. The van der Waals surface area contributed by atoms with Crippen molar-refractivity contribution in [3.05, 3.63) is 16.4 Å². The summed E-state index contributed by atoms with van der Waals surface area (Å²) in [4.78, 5) is 0. The van der Waals surface area contributed by atoms with Gasteiger partial charge in [-0.15, -0.1) is 0 Å².